The maximum absolute atomic E-state index is 12.7. The molecule has 0 saturated heterocycles. The second kappa shape index (κ2) is 33.3. The largest absolute Gasteiger partial charge is 0.472 e. The second-order valence-electron chi connectivity index (χ2n) is 16.1. The molecule has 0 radical (unpaired) electrons. The molecule has 0 aliphatic rings. The summed E-state index contributed by atoms with van der Waals surface area (Å²) in [7, 11) is 1.37. The van der Waals surface area contributed by atoms with Gasteiger partial charge in [-0.05, 0) is 82.8 Å². The zero-order chi connectivity index (χ0) is 44.5. The second-order valence-corrected chi connectivity index (χ2v) is 17.6. The lowest BCUT2D eigenvalue weighted by Crippen LogP contribution is -2.37. The molecule has 0 aromatic carbocycles. The average Bonchev–Trinajstić information content (AvgIpc) is 3.45. The van der Waals surface area contributed by atoms with E-state index in [2.05, 4.69) is 45.9 Å². The Hall–Kier alpha value is -3.31. The number of hydrogen-bond acceptors (Lipinski definition) is 9. The summed E-state index contributed by atoms with van der Waals surface area (Å²) in [6, 6.07) is 0. The van der Waals surface area contributed by atoms with Crippen molar-refractivity contribution in [3.05, 3.63) is 95.6 Å². The number of carbonyl (C=O) groups excluding carboxylic acids is 2. The van der Waals surface area contributed by atoms with Crippen LogP contribution in [-0.2, 0) is 45.5 Å². The van der Waals surface area contributed by atoms with E-state index in [1.807, 2.05) is 69.8 Å². The molecule has 0 aliphatic heterocycles. The molecule has 0 spiro atoms. The van der Waals surface area contributed by atoms with Gasteiger partial charge in [-0.25, -0.2) is 4.57 Å². The van der Waals surface area contributed by atoms with Crippen LogP contribution < -0.4 is 0 Å². The van der Waals surface area contributed by atoms with E-state index in [9.17, 15) is 24.2 Å². The van der Waals surface area contributed by atoms with Gasteiger partial charge in [0.25, 0.3) is 0 Å². The fourth-order valence-electron chi connectivity index (χ4n) is 5.82. The summed E-state index contributed by atoms with van der Waals surface area (Å²) in [4.78, 5) is 35.5. The number of phosphoric acid groups is 1. The van der Waals surface area contributed by atoms with Crippen LogP contribution in [-0.4, -0.2) is 86.1 Å². The number of nitrogens with zero attached hydrogens (tertiary/aromatic N) is 1. The predicted octanol–water partition coefficient (Wildman–Crippen LogP) is 10.9. The molecule has 1 rings (SSSR count). The van der Waals surface area contributed by atoms with Gasteiger partial charge < -0.3 is 28.4 Å². The average molecular weight is 861 g/mol. The summed E-state index contributed by atoms with van der Waals surface area (Å²) in [5.41, 5.74) is 2.55. The first kappa shape index (κ1) is 54.7. The zero-order valence-corrected chi connectivity index (χ0v) is 38.9. The summed E-state index contributed by atoms with van der Waals surface area (Å²) < 4.78 is 40.3. The summed E-state index contributed by atoms with van der Waals surface area (Å²) >= 11 is 0. The number of rotatable bonds is 35. The lowest BCUT2D eigenvalue weighted by atomic mass is 10.0. The van der Waals surface area contributed by atoms with Crippen molar-refractivity contribution in [3.63, 3.8) is 0 Å². The third kappa shape index (κ3) is 29.8. The van der Waals surface area contributed by atoms with Gasteiger partial charge >= 0.3 is 19.8 Å². The number of hydrogen-bond donors (Lipinski definition) is 2. The van der Waals surface area contributed by atoms with E-state index >= 15 is 0 Å². The van der Waals surface area contributed by atoms with Crippen molar-refractivity contribution in [1.29, 1.82) is 0 Å². The number of carbonyl (C=O) groups is 2. The normalized spacial score (nSPS) is 14.8. The van der Waals surface area contributed by atoms with Crippen molar-refractivity contribution in [2.24, 2.45) is 0 Å². The van der Waals surface area contributed by atoms with E-state index in [-0.39, 0.29) is 26.1 Å². The number of aryl methyl sites for hydroxylation is 2. The molecule has 1 aromatic rings. The molecule has 340 valence electrons. The van der Waals surface area contributed by atoms with Crippen LogP contribution in [0.4, 0.5) is 0 Å². The first-order valence-corrected chi connectivity index (χ1v) is 23.6. The molecule has 1 aromatic heterocycles. The Balaban J connectivity index is 2.44. The molecule has 60 heavy (non-hydrogen) atoms. The monoisotopic (exact) mass is 861 g/mol. The topological polar surface area (TPSA) is 142 Å². The van der Waals surface area contributed by atoms with Crippen LogP contribution in [0.2, 0.25) is 0 Å². The van der Waals surface area contributed by atoms with E-state index < -0.39 is 38.6 Å². The molecule has 11 nitrogen and oxygen atoms in total. The highest BCUT2D eigenvalue weighted by Crippen LogP contribution is 2.43. The van der Waals surface area contributed by atoms with E-state index in [1.165, 1.54) is 11.1 Å². The van der Waals surface area contributed by atoms with E-state index in [0.29, 0.717) is 30.3 Å². The van der Waals surface area contributed by atoms with E-state index in [1.54, 1.807) is 6.08 Å². The predicted molar refractivity (Wildman–Crippen MR) is 243 cm³/mol. The number of aliphatic hydroxyl groups is 1. The fraction of sp³-hybridized carbons (Fsp3) is 0.625. The van der Waals surface area contributed by atoms with Gasteiger partial charge in [0.15, 0.2) is 6.10 Å². The van der Waals surface area contributed by atoms with Crippen LogP contribution in [0, 0.1) is 13.8 Å². The van der Waals surface area contributed by atoms with Crippen molar-refractivity contribution in [2.45, 2.75) is 149 Å². The van der Waals surface area contributed by atoms with Crippen LogP contribution in [0.25, 0.3) is 0 Å². The first-order chi connectivity index (χ1) is 28.7. The third-order valence-corrected chi connectivity index (χ3v) is 10.5. The van der Waals surface area contributed by atoms with Gasteiger partial charge in [0, 0.05) is 25.7 Å². The molecular formula is C48H79NO10P+. The number of allylic oxidation sites excluding steroid dienone is 10. The van der Waals surface area contributed by atoms with Crippen LogP contribution in [0.5, 0.6) is 0 Å². The number of phosphoric ester groups is 1. The number of furan rings is 1. The fourth-order valence-corrected chi connectivity index (χ4v) is 6.56. The molecule has 3 atom stereocenters. The third-order valence-electron chi connectivity index (χ3n) is 9.52. The molecule has 0 fully saturated rings. The minimum atomic E-state index is -4.42. The van der Waals surface area contributed by atoms with Gasteiger partial charge in [0.1, 0.15) is 31.3 Å². The van der Waals surface area contributed by atoms with Crippen molar-refractivity contribution >= 4 is 19.8 Å². The van der Waals surface area contributed by atoms with Crippen molar-refractivity contribution in [1.82, 2.24) is 0 Å². The van der Waals surface area contributed by atoms with Crippen LogP contribution in [0.3, 0.4) is 0 Å². The number of esters is 2. The zero-order valence-electron chi connectivity index (χ0n) is 38.0. The Labute approximate surface area is 362 Å². The van der Waals surface area contributed by atoms with Gasteiger partial charge in [-0.15, -0.1) is 0 Å². The number of likely N-dealkylation sites (N-methyl/N-ethyl adjacent to an activating group) is 1. The van der Waals surface area contributed by atoms with Crippen molar-refractivity contribution in [2.75, 3.05) is 47.5 Å². The van der Waals surface area contributed by atoms with Gasteiger partial charge in [-0.2, -0.15) is 0 Å². The lowest BCUT2D eigenvalue weighted by Gasteiger charge is -2.24. The molecule has 0 saturated carbocycles. The molecule has 0 aliphatic carbocycles. The number of aliphatic hydroxyl groups excluding tert-OH is 1. The Morgan fingerprint density at radius 3 is 2.03 bits per heavy atom. The lowest BCUT2D eigenvalue weighted by molar-refractivity contribution is -0.870. The molecule has 0 bridgehead atoms. The van der Waals surface area contributed by atoms with Gasteiger partial charge in [-0.3, -0.25) is 18.6 Å². The van der Waals surface area contributed by atoms with Gasteiger partial charge in [-0.1, -0.05) is 112 Å². The van der Waals surface area contributed by atoms with Crippen LogP contribution in [0.1, 0.15) is 133 Å². The highest BCUT2D eigenvalue weighted by atomic mass is 31.2. The molecule has 1 heterocycles. The molecule has 2 N–H and O–H groups in total. The van der Waals surface area contributed by atoms with E-state index in [4.69, 9.17) is 22.9 Å². The highest BCUT2D eigenvalue weighted by molar-refractivity contribution is 7.47. The molecule has 2 unspecified atom stereocenters. The van der Waals surface area contributed by atoms with Crippen molar-refractivity contribution < 1.29 is 51.6 Å². The number of quaternary nitrogens is 1. The standard InChI is InChI=1S/C48H78NO10P/c1-8-10-11-12-21-26-32-43(50)33-27-22-17-15-13-14-16-18-24-29-35-47(51)55-39-44(40-57-60(53,54)56-38-37-49(5,6)7)58-48(52)36-30-25-20-19-23-28-34-46-42(4)41(3)45(59-46)31-9-2/h10-11,13-14,17-18,21-22,24,26-27,33,43-44,50H,8-9,12,15-16,19-20,23,25,28-32,34-40H2,1-7H3/p+1/b11-10-,14-13-,22-17-,24-18-,26-21-,33-27+/t43?,44-/m1/s1. The van der Waals surface area contributed by atoms with Crippen LogP contribution >= 0.6 is 7.82 Å². The smallest absolute Gasteiger partial charge is 0.466 e. The maximum atomic E-state index is 12.7. The summed E-state index contributed by atoms with van der Waals surface area (Å²) in [6.07, 6.45) is 35.7. The van der Waals surface area contributed by atoms with Gasteiger partial charge in [0.2, 0.25) is 0 Å². The minimum Gasteiger partial charge on any atom is -0.466 e. The Bertz CT molecular complexity index is 1550. The maximum Gasteiger partial charge on any atom is 0.472 e. The van der Waals surface area contributed by atoms with Gasteiger partial charge in [0.05, 0.1) is 33.9 Å². The minimum absolute atomic E-state index is 0.00107. The quantitative estimate of drug-likeness (QED) is 0.0169. The highest BCUT2D eigenvalue weighted by Gasteiger charge is 2.27. The van der Waals surface area contributed by atoms with E-state index in [0.717, 1.165) is 88.6 Å². The Morgan fingerprint density at radius 1 is 0.733 bits per heavy atom. The summed E-state index contributed by atoms with van der Waals surface area (Å²) in [6.45, 7) is 8.26. The number of unbranched alkanes of at least 4 members (excludes halogenated alkanes) is 5. The van der Waals surface area contributed by atoms with Crippen LogP contribution in [0.15, 0.2) is 77.3 Å². The SMILES string of the molecule is CC/C=C\C/C=C\CC(O)/C=C/C=C\C/C=C\C/C=C\CCC(=O)OC[C@H](COP(=O)(O)OCC[N+](C)(C)C)OC(=O)CCCCCCCCc1oc(CCC)c(C)c1C. The summed E-state index contributed by atoms with van der Waals surface area (Å²) in [5.74, 6) is 1.25. The molecule has 12 heteroatoms. The molecular weight excluding hydrogens is 781 g/mol. The first-order valence-electron chi connectivity index (χ1n) is 22.1. The van der Waals surface area contributed by atoms with Crippen molar-refractivity contribution in [3.8, 4) is 0 Å². The Morgan fingerprint density at radius 2 is 1.35 bits per heavy atom. The molecule has 0 amide bonds. The number of ether oxygens (including phenoxy) is 2. The Kier molecular flexibility index (Phi) is 30.4. The summed E-state index contributed by atoms with van der Waals surface area (Å²) in [5, 5.41) is 10.0.